The number of para-hydroxylation sites is 1. The van der Waals surface area contributed by atoms with E-state index in [9.17, 15) is 9.59 Å². The molecule has 5 heteroatoms. The van der Waals surface area contributed by atoms with Crippen molar-refractivity contribution in [3.63, 3.8) is 0 Å². The van der Waals surface area contributed by atoms with Gasteiger partial charge in [0, 0.05) is 22.5 Å². The van der Waals surface area contributed by atoms with Gasteiger partial charge in [-0.15, -0.1) is 0 Å². The number of benzene rings is 3. The lowest BCUT2D eigenvalue weighted by atomic mass is 10.0. The van der Waals surface area contributed by atoms with Crippen molar-refractivity contribution in [2.45, 2.75) is 19.8 Å². The number of nitrogens with one attached hydrogen (secondary N) is 2. The highest BCUT2D eigenvalue weighted by Gasteiger charge is 2.13. The van der Waals surface area contributed by atoms with Crippen LogP contribution in [0.2, 0.25) is 0 Å². The number of anilines is 2. The van der Waals surface area contributed by atoms with E-state index in [1.807, 2.05) is 30.3 Å². The highest BCUT2D eigenvalue weighted by molar-refractivity contribution is 6.09. The molecule has 0 spiro atoms. The van der Waals surface area contributed by atoms with Crippen molar-refractivity contribution in [3.8, 4) is 6.07 Å². The van der Waals surface area contributed by atoms with Gasteiger partial charge in [-0.05, 0) is 60.0 Å². The second-order valence-electron chi connectivity index (χ2n) is 6.92. The van der Waals surface area contributed by atoms with Crippen molar-refractivity contribution < 1.29 is 9.59 Å². The van der Waals surface area contributed by atoms with E-state index >= 15 is 0 Å². The zero-order valence-corrected chi connectivity index (χ0v) is 16.3. The number of amides is 2. The molecule has 0 aromatic heterocycles. The summed E-state index contributed by atoms with van der Waals surface area (Å²) in [5, 5.41) is 14.6. The Morgan fingerprint density at radius 2 is 1.45 bits per heavy atom. The molecule has 0 fully saturated rings. The zero-order valence-electron chi connectivity index (χ0n) is 16.3. The van der Waals surface area contributed by atoms with E-state index in [1.165, 1.54) is 0 Å². The number of carbonyl (C=O) groups is 2. The van der Waals surface area contributed by atoms with Crippen molar-refractivity contribution in [1.29, 1.82) is 5.26 Å². The summed E-state index contributed by atoms with van der Waals surface area (Å²) in [5.74, 6) is -0.325. The van der Waals surface area contributed by atoms with Crippen LogP contribution in [-0.2, 0) is 0 Å². The van der Waals surface area contributed by atoms with Crippen molar-refractivity contribution >= 4 is 23.2 Å². The van der Waals surface area contributed by atoms with Gasteiger partial charge in [-0.3, -0.25) is 9.59 Å². The molecule has 0 bridgehead atoms. The normalized spacial score (nSPS) is 10.3. The topological polar surface area (TPSA) is 82.0 Å². The number of nitriles is 1. The molecule has 0 saturated heterocycles. The maximum atomic E-state index is 12.7. The van der Waals surface area contributed by atoms with Crippen LogP contribution in [0, 0.1) is 11.3 Å². The summed E-state index contributed by atoms with van der Waals surface area (Å²) in [5.41, 5.74) is 3.68. The summed E-state index contributed by atoms with van der Waals surface area (Å²) in [7, 11) is 0. The quantitative estimate of drug-likeness (QED) is 0.636. The van der Waals surface area contributed by atoms with E-state index in [0.29, 0.717) is 22.4 Å². The lowest BCUT2D eigenvalue weighted by molar-refractivity contribution is 0.102. The van der Waals surface area contributed by atoms with Gasteiger partial charge >= 0.3 is 0 Å². The van der Waals surface area contributed by atoms with Crippen LogP contribution in [0.15, 0.2) is 72.8 Å². The first-order valence-corrected chi connectivity index (χ1v) is 9.30. The Balaban J connectivity index is 1.75. The van der Waals surface area contributed by atoms with Crippen LogP contribution >= 0.6 is 0 Å². The molecule has 0 aliphatic carbocycles. The summed E-state index contributed by atoms with van der Waals surface area (Å²) in [6.45, 7) is 4.14. The number of nitrogens with zero attached hydrogens (tertiary/aromatic N) is 1. The van der Waals surface area contributed by atoms with Crippen LogP contribution in [-0.4, -0.2) is 11.8 Å². The number of hydrogen-bond acceptors (Lipinski definition) is 3. The van der Waals surface area contributed by atoms with Crippen LogP contribution in [0.25, 0.3) is 0 Å². The predicted molar refractivity (Wildman–Crippen MR) is 114 cm³/mol. The van der Waals surface area contributed by atoms with Crippen LogP contribution in [0.5, 0.6) is 0 Å². The molecule has 2 amide bonds. The van der Waals surface area contributed by atoms with Gasteiger partial charge in [0.15, 0.2) is 0 Å². The largest absolute Gasteiger partial charge is 0.322 e. The third-order valence-corrected chi connectivity index (χ3v) is 4.49. The average molecular weight is 383 g/mol. The fraction of sp³-hybridized carbons (Fsp3) is 0.125. The molecule has 3 aromatic rings. The number of carbonyl (C=O) groups excluding carboxylic acids is 2. The maximum Gasteiger partial charge on any atom is 0.255 e. The molecule has 29 heavy (non-hydrogen) atoms. The first-order chi connectivity index (χ1) is 14.0. The Hall–Kier alpha value is -3.91. The van der Waals surface area contributed by atoms with E-state index in [-0.39, 0.29) is 17.7 Å². The summed E-state index contributed by atoms with van der Waals surface area (Å²) >= 11 is 0. The van der Waals surface area contributed by atoms with E-state index in [1.54, 1.807) is 48.5 Å². The molecule has 0 saturated carbocycles. The van der Waals surface area contributed by atoms with Gasteiger partial charge < -0.3 is 10.6 Å². The fourth-order valence-electron chi connectivity index (χ4n) is 2.94. The monoisotopic (exact) mass is 383 g/mol. The molecular weight excluding hydrogens is 362 g/mol. The lowest BCUT2D eigenvalue weighted by Crippen LogP contribution is -2.16. The second kappa shape index (κ2) is 8.85. The molecule has 0 radical (unpaired) electrons. The first kappa shape index (κ1) is 19.8. The maximum absolute atomic E-state index is 12.7. The third kappa shape index (κ3) is 4.88. The molecule has 3 rings (SSSR count). The highest BCUT2D eigenvalue weighted by atomic mass is 16.2. The Labute approximate surface area is 170 Å². The Morgan fingerprint density at radius 3 is 2.07 bits per heavy atom. The molecule has 5 nitrogen and oxygen atoms in total. The average Bonchev–Trinajstić information content (AvgIpc) is 2.74. The second-order valence-corrected chi connectivity index (χ2v) is 6.92. The minimum atomic E-state index is -0.327. The van der Waals surface area contributed by atoms with Gasteiger partial charge in [-0.1, -0.05) is 38.1 Å². The molecule has 0 aliphatic heterocycles. The van der Waals surface area contributed by atoms with Crippen molar-refractivity contribution in [3.05, 3.63) is 95.1 Å². The molecule has 2 N–H and O–H groups in total. The van der Waals surface area contributed by atoms with Gasteiger partial charge in [0.25, 0.3) is 11.8 Å². The molecule has 0 heterocycles. The molecule has 0 unspecified atom stereocenters. The Morgan fingerprint density at radius 1 is 0.828 bits per heavy atom. The Kier molecular flexibility index (Phi) is 6.06. The van der Waals surface area contributed by atoms with Crippen LogP contribution in [0.3, 0.4) is 0 Å². The van der Waals surface area contributed by atoms with Gasteiger partial charge in [0.05, 0.1) is 11.6 Å². The van der Waals surface area contributed by atoms with E-state index in [2.05, 4.69) is 24.5 Å². The minimum absolute atomic E-state index is 0.272. The molecule has 144 valence electrons. The van der Waals surface area contributed by atoms with Gasteiger partial charge in [-0.2, -0.15) is 5.26 Å². The first-order valence-electron chi connectivity index (χ1n) is 9.30. The number of rotatable bonds is 5. The van der Waals surface area contributed by atoms with Gasteiger partial charge in [0.2, 0.25) is 0 Å². The van der Waals surface area contributed by atoms with Crippen LogP contribution < -0.4 is 10.6 Å². The minimum Gasteiger partial charge on any atom is -0.322 e. The van der Waals surface area contributed by atoms with Crippen LogP contribution in [0.4, 0.5) is 11.4 Å². The van der Waals surface area contributed by atoms with E-state index < -0.39 is 0 Å². The summed E-state index contributed by atoms with van der Waals surface area (Å²) in [6.07, 6.45) is 0. The SMILES string of the molecule is CC(C)c1ccccc1NC(=O)c1cccc(C(=O)Nc2ccc(C#N)cc2)c1. The summed E-state index contributed by atoms with van der Waals surface area (Å²) in [4.78, 5) is 25.3. The van der Waals surface area contributed by atoms with Crippen molar-refractivity contribution in [1.82, 2.24) is 0 Å². The van der Waals surface area contributed by atoms with E-state index in [4.69, 9.17) is 5.26 Å². The Bertz CT molecular complexity index is 1080. The zero-order chi connectivity index (χ0) is 20.8. The van der Waals surface area contributed by atoms with Crippen LogP contribution in [0.1, 0.15) is 51.6 Å². The summed E-state index contributed by atoms with van der Waals surface area (Å²) in [6, 6.07) is 22.9. The van der Waals surface area contributed by atoms with Gasteiger partial charge in [-0.25, -0.2) is 0 Å². The molecule has 0 aliphatic rings. The fourth-order valence-corrected chi connectivity index (χ4v) is 2.94. The number of hydrogen-bond donors (Lipinski definition) is 2. The molecule has 0 atom stereocenters. The third-order valence-electron chi connectivity index (χ3n) is 4.49. The van der Waals surface area contributed by atoms with Crippen molar-refractivity contribution in [2.24, 2.45) is 0 Å². The van der Waals surface area contributed by atoms with E-state index in [0.717, 1.165) is 11.3 Å². The van der Waals surface area contributed by atoms with Gasteiger partial charge in [0.1, 0.15) is 0 Å². The smallest absolute Gasteiger partial charge is 0.255 e. The highest BCUT2D eigenvalue weighted by Crippen LogP contribution is 2.24. The standard InChI is InChI=1S/C24H21N3O2/c1-16(2)21-8-3-4-9-22(21)27-24(29)19-7-5-6-18(14-19)23(28)26-20-12-10-17(15-25)11-13-20/h3-14,16H,1-2H3,(H,26,28)(H,27,29). The van der Waals surface area contributed by atoms with Crippen molar-refractivity contribution in [2.75, 3.05) is 10.6 Å². The molecule has 3 aromatic carbocycles. The lowest BCUT2D eigenvalue weighted by Gasteiger charge is -2.14. The predicted octanol–water partition coefficient (Wildman–Crippen LogP) is 5.19. The molecular formula is C24H21N3O2. The summed E-state index contributed by atoms with van der Waals surface area (Å²) < 4.78 is 0.